The molecule has 0 aromatic rings. The number of unbranched alkanes of at least 4 members (excludes halogenated alkanes) is 1. The zero-order valence-electron chi connectivity index (χ0n) is 11.4. The summed E-state index contributed by atoms with van der Waals surface area (Å²) in [6.07, 6.45) is 7.77. The fraction of sp³-hybridized carbons (Fsp3) is 1.00. The molecular formula is C14H28O3. The Labute approximate surface area is 105 Å². The van der Waals surface area contributed by atoms with Gasteiger partial charge in [0.1, 0.15) is 0 Å². The van der Waals surface area contributed by atoms with Crippen molar-refractivity contribution in [2.24, 2.45) is 5.92 Å². The van der Waals surface area contributed by atoms with E-state index in [1.54, 1.807) is 7.11 Å². The zero-order chi connectivity index (χ0) is 12.5. The molecule has 17 heavy (non-hydrogen) atoms. The Bertz CT molecular complexity index is 178. The van der Waals surface area contributed by atoms with Gasteiger partial charge in [-0.25, -0.2) is 0 Å². The van der Waals surface area contributed by atoms with E-state index in [0.29, 0.717) is 0 Å². The van der Waals surface area contributed by atoms with Gasteiger partial charge >= 0.3 is 0 Å². The zero-order valence-corrected chi connectivity index (χ0v) is 11.4. The maximum Gasteiger partial charge on any atom is 0.0567 e. The summed E-state index contributed by atoms with van der Waals surface area (Å²) >= 11 is 0. The lowest BCUT2D eigenvalue weighted by molar-refractivity contribution is 0.0497. The SMILES string of the molecule is COC(C)CC(O)CCCCC1CCOCC1. The van der Waals surface area contributed by atoms with E-state index < -0.39 is 0 Å². The molecule has 1 aliphatic heterocycles. The van der Waals surface area contributed by atoms with Crippen molar-refractivity contribution in [3.8, 4) is 0 Å². The Balaban J connectivity index is 1.95. The van der Waals surface area contributed by atoms with Crippen molar-refractivity contribution in [1.29, 1.82) is 0 Å². The molecule has 102 valence electrons. The molecule has 2 unspecified atom stereocenters. The summed E-state index contributed by atoms with van der Waals surface area (Å²) in [6.45, 7) is 3.89. The van der Waals surface area contributed by atoms with Gasteiger partial charge in [-0.15, -0.1) is 0 Å². The van der Waals surface area contributed by atoms with E-state index in [2.05, 4.69) is 0 Å². The minimum Gasteiger partial charge on any atom is -0.393 e. The number of ether oxygens (including phenoxy) is 2. The lowest BCUT2D eigenvalue weighted by atomic mass is 9.93. The molecule has 0 radical (unpaired) electrons. The highest BCUT2D eigenvalue weighted by atomic mass is 16.5. The van der Waals surface area contributed by atoms with E-state index in [4.69, 9.17) is 9.47 Å². The first-order valence-electron chi connectivity index (χ1n) is 7.01. The number of methoxy groups -OCH3 is 1. The lowest BCUT2D eigenvalue weighted by Gasteiger charge is -2.22. The summed E-state index contributed by atoms with van der Waals surface area (Å²) < 4.78 is 10.5. The summed E-state index contributed by atoms with van der Waals surface area (Å²) in [4.78, 5) is 0. The molecule has 1 saturated heterocycles. The molecule has 0 bridgehead atoms. The molecule has 0 aromatic heterocycles. The number of hydrogen-bond donors (Lipinski definition) is 1. The number of aliphatic hydroxyl groups excluding tert-OH is 1. The van der Waals surface area contributed by atoms with E-state index in [1.165, 1.54) is 25.7 Å². The summed E-state index contributed by atoms with van der Waals surface area (Å²) in [5.74, 6) is 0.860. The van der Waals surface area contributed by atoms with Crippen LogP contribution in [0.15, 0.2) is 0 Å². The highest BCUT2D eigenvalue weighted by Crippen LogP contribution is 2.21. The van der Waals surface area contributed by atoms with Gasteiger partial charge in [-0.2, -0.15) is 0 Å². The molecule has 3 heteroatoms. The molecule has 1 fully saturated rings. The Morgan fingerprint density at radius 1 is 1.29 bits per heavy atom. The van der Waals surface area contributed by atoms with E-state index >= 15 is 0 Å². The van der Waals surface area contributed by atoms with Crippen molar-refractivity contribution in [3.63, 3.8) is 0 Å². The molecular weight excluding hydrogens is 216 g/mol. The Morgan fingerprint density at radius 3 is 2.65 bits per heavy atom. The molecule has 1 N–H and O–H groups in total. The van der Waals surface area contributed by atoms with Gasteiger partial charge in [0.05, 0.1) is 12.2 Å². The average Bonchev–Trinajstić information content (AvgIpc) is 2.36. The first-order chi connectivity index (χ1) is 8.22. The molecule has 1 rings (SSSR count). The topological polar surface area (TPSA) is 38.7 Å². The van der Waals surface area contributed by atoms with Gasteiger partial charge < -0.3 is 14.6 Å². The fourth-order valence-corrected chi connectivity index (χ4v) is 2.45. The van der Waals surface area contributed by atoms with Crippen molar-refractivity contribution in [1.82, 2.24) is 0 Å². The van der Waals surface area contributed by atoms with Crippen LogP contribution in [0.4, 0.5) is 0 Å². The molecule has 0 aliphatic carbocycles. The Morgan fingerprint density at radius 2 is 2.00 bits per heavy atom. The first-order valence-corrected chi connectivity index (χ1v) is 7.01. The van der Waals surface area contributed by atoms with Crippen LogP contribution in [-0.2, 0) is 9.47 Å². The average molecular weight is 244 g/mol. The lowest BCUT2D eigenvalue weighted by Crippen LogP contribution is -2.17. The number of aliphatic hydroxyl groups is 1. The van der Waals surface area contributed by atoms with E-state index in [0.717, 1.165) is 38.4 Å². The standard InChI is InChI=1S/C14H28O3/c1-12(16-2)11-14(15)6-4-3-5-13-7-9-17-10-8-13/h12-15H,3-11H2,1-2H3. The second-order valence-corrected chi connectivity index (χ2v) is 5.28. The third-order valence-corrected chi connectivity index (χ3v) is 3.75. The van der Waals surface area contributed by atoms with E-state index in [1.807, 2.05) is 6.92 Å². The van der Waals surface area contributed by atoms with Crippen LogP contribution < -0.4 is 0 Å². The van der Waals surface area contributed by atoms with Gasteiger partial charge in [-0.05, 0) is 38.5 Å². The summed E-state index contributed by atoms with van der Waals surface area (Å²) in [5, 5.41) is 9.79. The largest absolute Gasteiger partial charge is 0.393 e. The van der Waals surface area contributed by atoms with Crippen LogP contribution in [0.5, 0.6) is 0 Å². The fourth-order valence-electron chi connectivity index (χ4n) is 2.45. The molecule has 0 spiro atoms. The molecule has 0 amide bonds. The van der Waals surface area contributed by atoms with Crippen molar-refractivity contribution in [2.75, 3.05) is 20.3 Å². The monoisotopic (exact) mass is 244 g/mol. The van der Waals surface area contributed by atoms with Gasteiger partial charge in [-0.3, -0.25) is 0 Å². The van der Waals surface area contributed by atoms with Crippen LogP contribution in [0, 0.1) is 5.92 Å². The van der Waals surface area contributed by atoms with E-state index in [-0.39, 0.29) is 12.2 Å². The van der Waals surface area contributed by atoms with Crippen LogP contribution in [0.25, 0.3) is 0 Å². The highest BCUT2D eigenvalue weighted by molar-refractivity contribution is 4.65. The Kier molecular flexibility index (Phi) is 7.82. The summed E-state index contributed by atoms with van der Waals surface area (Å²) in [7, 11) is 1.70. The Hall–Kier alpha value is -0.120. The number of hydrogen-bond acceptors (Lipinski definition) is 3. The molecule has 3 nitrogen and oxygen atoms in total. The number of rotatable bonds is 8. The van der Waals surface area contributed by atoms with Gasteiger partial charge in [0.25, 0.3) is 0 Å². The minimum atomic E-state index is -0.195. The third kappa shape index (κ3) is 7.02. The summed E-state index contributed by atoms with van der Waals surface area (Å²) in [5.41, 5.74) is 0. The van der Waals surface area contributed by atoms with Gasteiger partial charge in [-0.1, -0.05) is 19.3 Å². The quantitative estimate of drug-likeness (QED) is 0.667. The molecule has 0 saturated carbocycles. The van der Waals surface area contributed by atoms with Crippen LogP contribution >= 0.6 is 0 Å². The maximum absolute atomic E-state index is 9.79. The van der Waals surface area contributed by atoms with Crippen molar-refractivity contribution >= 4 is 0 Å². The second kappa shape index (κ2) is 8.90. The molecule has 1 aliphatic rings. The minimum absolute atomic E-state index is 0.167. The maximum atomic E-state index is 9.79. The molecule has 2 atom stereocenters. The van der Waals surface area contributed by atoms with Gasteiger partial charge in [0.15, 0.2) is 0 Å². The predicted molar refractivity (Wildman–Crippen MR) is 69.1 cm³/mol. The smallest absolute Gasteiger partial charge is 0.0567 e. The van der Waals surface area contributed by atoms with Gasteiger partial charge in [0.2, 0.25) is 0 Å². The van der Waals surface area contributed by atoms with Crippen molar-refractivity contribution in [2.45, 2.75) is 64.1 Å². The van der Waals surface area contributed by atoms with Crippen LogP contribution in [0.3, 0.4) is 0 Å². The van der Waals surface area contributed by atoms with Crippen LogP contribution in [0.1, 0.15) is 51.9 Å². The van der Waals surface area contributed by atoms with Crippen LogP contribution in [-0.4, -0.2) is 37.6 Å². The van der Waals surface area contributed by atoms with Gasteiger partial charge in [0, 0.05) is 20.3 Å². The summed E-state index contributed by atoms with van der Waals surface area (Å²) in [6, 6.07) is 0. The first kappa shape index (κ1) is 14.9. The highest BCUT2D eigenvalue weighted by Gasteiger charge is 2.14. The normalized spacial score (nSPS) is 21.4. The molecule has 1 heterocycles. The van der Waals surface area contributed by atoms with Crippen molar-refractivity contribution < 1.29 is 14.6 Å². The van der Waals surface area contributed by atoms with Crippen molar-refractivity contribution in [3.05, 3.63) is 0 Å². The second-order valence-electron chi connectivity index (χ2n) is 5.28. The third-order valence-electron chi connectivity index (χ3n) is 3.75. The predicted octanol–water partition coefficient (Wildman–Crippen LogP) is 2.76. The van der Waals surface area contributed by atoms with E-state index in [9.17, 15) is 5.11 Å². The van der Waals surface area contributed by atoms with Crippen LogP contribution in [0.2, 0.25) is 0 Å². The molecule has 0 aromatic carbocycles.